The zero-order valence-electron chi connectivity index (χ0n) is 15.1. The number of amides is 2. The van der Waals surface area contributed by atoms with Gasteiger partial charge in [-0.3, -0.25) is 9.59 Å². The lowest BCUT2D eigenvalue weighted by molar-refractivity contribution is -0.143. The Bertz CT molecular complexity index is 639. The molecule has 2 rings (SSSR count). The number of carbonyl (C=O) groups excluding carboxylic acids is 2. The number of hydrogen-bond donors (Lipinski definition) is 1. The van der Waals surface area contributed by atoms with Crippen LogP contribution in [0.3, 0.4) is 0 Å². The summed E-state index contributed by atoms with van der Waals surface area (Å²) in [5, 5.41) is 9.31. The minimum atomic E-state index is -0.946. The first-order valence-electron chi connectivity index (χ1n) is 8.69. The summed E-state index contributed by atoms with van der Waals surface area (Å²) >= 11 is 0. The normalized spacial score (nSPS) is 17.4. The van der Waals surface area contributed by atoms with Crippen LogP contribution in [-0.2, 0) is 16.1 Å². The van der Waals surface area contributed by atoms with Gasteiger partial charge in [0.15, 0.2) is 0 Å². The maximum atomic E-state index is 12.6. The number of carboxylic acid groups (broad SMARTS) is 1. The molecular formula is C19H26N2O4. The highest BCUT2D eigenvalue weighted by atomic mass is 16.4. The maximum absolute atomic E-state index is 12.6. The number of rotatable bonds is 5. The SMILES string of the molecule is CC(C)C(=O)N(C)Cc1ccc(C(=O)N2CCCC[C@@H]2C(=O)O)cc1. The van der Waals surface area contributed by atoms with E-state index in [1.54, 1.807) is 24.1 Å². The molecule has 1 atom stereocenters. The van der Waals surface area contributed by atoms with Gasteiger partial charge in [-0.05, 0) is 37.0 Å². The smallest absolute Gasteiger partial charge is 0.326 e. The van der Waals surface area contributed by atoms with Crippen LogP contribution in [0, 0.1) is 5.92 Å². The van der Waals surface area contributed by atoms with Crippen molar-refractivity contribution in [3.8, 4) is 0 Å². The zero-order chi connectivity index (χ0) is 18.6. The molecular weight excluding hydrogens is 320 g/mol. The number of hydrogen-bond acceptors (Lipinski definition) is 3. The fourth-order valence-corrected chi connectivity index (χ4v) is 3.14. The highest BCUT2D eigenvalue weighted by Crippen LogP contribution is 2.20. The number of nitrogens with zero attached hydrogens (tertiary/aromatic N) is 2. The molecule has 1 aliphatic rings. The number of carbonyl (C=O) groups is 3. The Kier molecular flexibility index (Phi) is 6.17. The molecule has 1 N–H and O–H groups in total. The second-order valence-corrected chi connectivity index (χ2v) is 6.89. The van der Waals surface area contributed by atoms with Crippen LogP contribution >= 0.6 is 0 Å². The minimum Gasteiger partial charge on any atom is -0.480 e. The van der Waals surface area contributed by atoms with E-state index in [1.807, 2.05) is 26.0 Å². The molecule has 25 heavy (non-hydrogen) atoms. The average molecular weight is 346 g/mol. The van der Waals surface area contributed by atoms with E-state index in [-0.39, 0.29) is 17.7 Å². The van der Waals surface area contributed by atoms with Crippen molar-refractivity contribution < 1.29 is 19.5 Å². The fraction of sp³-hybridized carbons (Fsp3) is 0.526. The molecule has 136 valence electrons. The molecule has 0 radical (unpaired) electrons. The molecule has 0 aromatic heterocycles. The molecule has 1 aromatic carbocycles. The van der Waals surface area contributed by atoms with Crippen LogP contribution < -0.4 is 0 Å². The highest BCUT2D eigenvalue weighted by Gasteiger charge is 2.32. The van der Waals surface area contributed by atoms with Gasteiger partial charge in [0.2, 0.25) is 5.91 Å². The summed E-state index contributed by atoms with van der Waals surface area (Å²) in [4.78, 5) is 39.1. The minimum absolute atomic E-state index is 0.0575. The Balaban J connectivity index is 2.07. The van der Waals surface area contributed by atoms with Crippen molar-refractivity contribution in [1.82, 2.24) is 9.80 Å². The molecule has 2 amide bonds. The molecule has 0 saturated carbocycles. The maximum Gasteiger partial charge on any atom is 0.326 e. The summed E-state index contributed by atoms with van der Waals surface area (Å²) < 4.78 is 0. The Labute approximate surface area is 148 Å². The predicted molar refractivity (Wildman–Crippen MR) is 94.1 cm³/mol. The van der Waals surface area contributed by atoms with Gasteiger partial charge in [0.05, 0.1) is 0 Å². The van der Waals surface area contributed by atoms with Crippen molar-refractivity contribution in [2.24, 2.45) is 5.92 Å². The summed E-state index contributed by atoms with van der Waals surface area (Å²) in [7, 11) is 1.76. The van der Waals surface area contributed by atoms with Gasteiger partial charge < -0.3 is 14.9 Å². The Morgan fingerprint density at radius 1 is 1.20 bits per heavy atom. The van der Waals surface area contributed by atoms with Crippen LogP contribution in [0.2, 0.25) is 0 Å². The van der Waals surface area contributed by atoms with Crippen molar-refractivity contribution in [3.05, 3.63) is 35.4 Å². The lowest BCUT2D eigenvalue weighted by Gasteiger charge is -2.33. The summed E-state index contributed by atoms with van der Waals surface area (Å²) in [6, 6.07) is 6.31. The first-order chi connectivity index (χ1) is 11.8. The number of aliphatic carboxylic acids is 1. The lowest BCUT2D eigenvalue weighted by Crippen LogP contribution is -2.47. The molecule has 0 aliphatic carbocycles. The Morgan fingerprint density at radius 3 is 2.40 bits per heavy atom. The Morgan fingerprint density at radius 2 is 1.84 bits per heavy atom. The summed E-state index contributed by atoms with van der Waals surface area (Å²) in [6.07, 6.45) is 2.16. The molecule has 0 bridgehead atoms. The quantitative estimate of drug-likeness (QED) is 0.888. The van der Waals surface area contributed by atoms with Gasteiger partial charge in [-0.2, -0.15) is 0 Å². The van der Waals surface area contributed by atoms with Gasteiger partial charge in [0.1, 0.15) is 6.04 Å². The van der Waals surface area contributed by atoms with E-state index in [9.17, 15) is 19.5 Å². The van der Waals surface area contributed by atoms with Gasteiger partial charge in [-0.15, -0.1) is 0 Å². The number of likely N-dealkylation sites (tertiary alicyclic amines) is 1. The highest BCUT2D eigenvalue weighted by molar-refractivity contribution is 5.96. The first-order valence-corrected chi connectivity index (χ1v) is 8.69. The van der Waals surface area contributed by atoms with Crippen molar-refractivity contribution in [2.75, 3.05) is 13.6 Å². The zero-order valence-corrected chi connectivity index (χ0v) is 15.1. The molecule has 1 saturated heterocycles. The molecule has 0 unspecified atom stereocenters. The molecule has 0 spiro atoms. The molecule has 1 aliphatic heterocycles. The molecule has 1 heterocycles. The van der Waals surface area contributed by atoms with E-state index in [1.165, 1.54) is 4.90 Å². The van der Waals surface area contributed by atoms with Gasteiger partial charge >= 0.3 is 5.97 Å². The van der Waals surface area contributed by atoms with E-state index in [4.69, 9.17) is 0 Å². The van der Waals surface area contributed by atoms with Crippen molar-refractivity contribution >= 4 is 17.8 Å². The second kappa shape index (κ2) is 8.14. The fourth-order valence-electron chi connectivity index (χ4n) is 3.14. The third kappa shape index (κ3) is 4.59. The largest absolute Gasteiger partial charge is 0.480 e. The van der Waals surface area contributed by atoms with Gasteiger partial charge in [0.25, 0.3) is 5.91 Å². The lowest BCUT2D eigenvalue weighted by atomic mass is 10.0. The molecule has 1 fully saturated rings. The van der Waals surface area contributed by atoms with Crippen molar-refractivity contribution in [2.45, 2.75) is 45.7 Å². The van der Waals surface area contributed by atoms with Gasteiger partial charge in [-0.1, -0.05) is 26.0 Å². The third-order valence-corrected chi connectivity index (χ3v) is 4.54. The third-order valence-electron chi connectivity index (χ3n) is 4.54. The van der Waals surface area contributed by atoms with E-state index in [0.717, 1.165) is 18.4 Å². The predicted octanol–water partition coefficient (Wildman–Crippen LogP) is 2.38. The monoisotopic (exact) mass is 346 g/mol. The van der Waals surface area contributed by atoms with Crippen LogP contribution in [0.5, 0.6) is 0 Å². The van der Waals surface area contributed by atoms with E-state index in [2.05, 4.69) is 0 Å². The van der Waals surface area contributed by atoms with Crippen LogP contribution in [0.15, 0.2) is 24.3 Å². The Hall–Kier alpha value is -2.37. The standard InChI is InChI=1S/C19H26N2O4/c1-13(2)17(22)20(3)12-14-7-9-15(10-8-14)18(23)21-11-5-4-6-16(21)19(24)25/h7-10,13,16H,4-6,11-12H2,1-3H3,(H,24,25)/t16-/m1/s1. The number of carboxylic acids is 1. The van der Waals surface area contributed by atoms with Crippen LogP contribution in [0.25, 0.3) is 0 Å². The van der Waals surface area contributed by atoms with Gasteiger partial charge in [0, 0.05) is 31.6 Å². The summed E-state index contributed by atoms with van der Waals surface area (Å²) in [5.74, 6) is -1.18. The number of piperidine rings is 1. The van der Waals surface area contributed by atoms with Crippen molar-refractivity contribution in [3.63, 3.8) is 0 Å². The van der Waals surface area contributed by atoms with E-state index < -0.39 is 12.0 Å². The van der Waals surface area contributed by atoms with Crippen LogP contribution in [0.1, 0.15) is 49.0 Å². The summed E-state index contributed by atoms with van der Waals surface area (Å²) in [5.41, 5.74) is 1.41. The second-order valence-electron chi connectivity index (χ2n) is 6.89. The van der Waals surface area contributed by atoms with Gasteiger partial charge in [-0.25, -0.2) is 4.79 Å². The number of benzene rings is 1. The van der Waals surface area contributed by atoms with E-state index >= 15 is 0 Å². The molecule has 6 heteroatoms. The van der Waals surface area contributed by atoms with Crippen LogP contribution in [-0.4, -0.2) is 52.3 Å². The summed E-state index contributed by atoms with van der Waals surface area (Å²) in [6.45, 7) is 4.67. The van der Waals surface area contributed by atoms with Crippen molar-refractivity contribution in [1.29, 1.82) is 0 Å². The van der Waals surface area contributed by atoms with Crippen LogP contribution in [0.4, 0.5) is 0 Å². The topological polar surface area (TPSA) is 77.9 Å². The average Bonchev–Trinajstić information content (AvgIpc) is 2.60. The molecule has 6 nitrogen and oxygen atoms in total. The molecule has 1 aromatic rings. The van der Waals surface area contributed by atoms with E-state index in [0.29, 0.717) is 25.1 Å². The first kappa shape index (κ1) is 19.0.